The van der Waals surface area contributed by atoms with E-state index < -0.39 is 0 Å². The lowest BCUT2D eigenvalue weighted by Crippen LogP contribution is -2.34. The highest BCUT2D eigenvalue weighted by atomic mass is 16.5. The van der Waals surface area contributed by atoms with Crippen LogP contribution in [0, 0.1) is 0 Å². The van der Waals surface area contributed by atoms with E-state index in [0.717, 1.165) is 31.9 Å². The summed E-state index contributed by atoms with van der Waals surface area (Å²) in [6, 6.07) is 0.451. The normalized spacial score (nSPS) is 26.0. The van der Waals surface area contributed by atoms with Crippen LogP contribution in [0.3, 0.4) is 0 Å². The smallest absolute Gasteiger partial charge is 0.146 e. The van der Waals surface area contributed by atoms with Crippen molar-refractivity contribution in [3.63, 3.8) is 0 Å². The van der Waals surface area contributed by atoms with Crippen molar-refractivity contribution in [3.8, 4) is 0 Å². The first-order valence-electron chi connectivity index (χ1n) is 5.53. The summed E-state index contributed by atoms with van der Waals surface area (Å²) in [5.41, 5.74) is 0. The molecule has 1 aromatic heterocycles. The predicted molar refractivity (Wildman–Crippen MR) is 56.4 cm³/mol. The van der Waals surface area contributed by atoms with Crippen molar-refractivity contribution < 1.29 is 4.74 Å². The summed E-state index contributed by atoms with van der Waals surface area (Å²) in [7, 11) is 0. The molecule has 1 aliphatic heterocycles. The maximum Gasteiger partial charge on any atom is 0.146 e. The second-order valence-corrected chi connectivity index (χ2v) is 3.89. The van der Waals surface area contributed by atoms with Crippen LogP contribution >= 0.6 is 0 Å². The van der Waals surface area contributed by atoms with E-state index in [1.54, 1.807) is 6.33 Å². The molecule has 2 unspecified atom stereocenters. The summed E-state index contributed by atoms with van der Waals surface area (Å²) in [5.74, 6) is 0.997. The maximum absolute atomic E-state index is 5.49. The molecule has 1 aromatic rings. The molecule has 5 heteroatoms. The largest absolute Gasteiger partial charge is 0.377 e. The minimum Gasteiger partial charge on any atom is -0.377 e. The molecule has 15 heavy (non-hydrogen) atoms. The van der Waals surface area contributed by atoms with Crippen molar-refractivity contribution in [1.29, 1.82) is 0 Å². The molecule has 0 amide bonds. The molecule has 0 spiro atoms. The van der Waals surface area contributed by atoms with E-state index in [1.807, 2.05) is 4.57 Å². The zero-order chi connectivity index (χ0) is 10.7. The van der Waals surface area contributed by atoms with Gasteiger partial charge in [0.1, 0.15) is 12.2 Å². The van der Waals surface area contributed by atoms with E-state index in [4.69, 9.17) is 4.74 Å². The highest BCUT2D eigenvalue weighted by molar-refractivity contribution is 4.88. The van der Waals surface area contributed by atoms with E-state index in [0.29, 0.717) is 12.1 Å². The summed E-state index contributed by atoms with van der Waals surface area (Å²) in [6.07, 6.45) is 3.16. The number of nitrogens with zero attached hydrogens (tertiary/aromatic N) is 3. The number of aryl methyl sites for hydroxylation is 1. The highest BCUT2D eigenvalue weighted by Crippen LogP contribution is 2.12. The summed E-state index contributed by atoms with van der Waals surface area (Å²) in [5, 5.41) is 11.4. The molecule has 2 atom stereocenters. The van der Waals surface area contributed by atoms with Gasteiger partial charge in [-0.25, -0.2) is 0 Å². The van der Waals surface area contributed by atoms with Gasteiger partial charge in [-0.1, -0.05) is 0 Å². The summed E-state index contributed by atoms with van der Waals surface area (Å²) in [6.45, 7) is 6.75. The van der Waals surface area contributed by atoms with Gasteiger partial charge in [-0.2, -0.15) is 0 Å². The van der Waals surface area contributed by atoms with Gasteiger partial charge in [0.2, 0.25) is 0 Å². The Bertz CT molecular complexity index is 312. The molecule has 0 aliphatic carbocycles. The number of ether oxygens (including phenoxy) is 1. The standard InChI is InChI=1S/C10H18N4O/c1-3-14-7-12-13-10(14)6-11-9-4-5-15-8(9)2/h7-9,11H,3-6H2,1-2H3. The van der Waals surface area contributed by atoms with Crippen molar-refractivity contribution >= 4 is 0 Å². The third kappa shape index (κ3) is 2.35. The Morgan fingerprint density at radius 2 is 2.53 bits per heavy atom. The van der Waals surface area contributed by atoms with E-state index >= 15 is 0 Å². The van der Waals surface area contributed by atoms with Gasteiger partial charge in [0, 0.05) is 19.2 Å². The lowest BCUT2D eigenvalue weighted by Gasteiger charge is -2.15. The van der Waals surface area contributed by atoms with E-state index in [1.165, 1.54) is 0 Å². The number of hydrogen-bond acceptors (Lipinski definition) is 4. The monoisotopic (exact) mass is 210 g/mol. The zero-order valence-corrected chi connectivity index (χ0v) is 9.31. The Kier molecular flexibility index (Phi) is 3.33. The molecule has 1 aliphatic rings. The number of nitrogens with one attached hydrogen (secondary N) is 1. The maximum atomic E-state index is 5.49. The molecule has 0 bridgehead atoms. The fourth-order valence-electron chi connectivity index (χ4n) is 1.90. The Morgan fingerprint density at radius 3 is 3.20 bits per heavy atom. The average Bonchev–Trinajstić information content (AvgIpc) is 2.83. The first kappa shape index (κ1) is 10.6. The molecule has 0 saturated carbocycles. The molecule has 1 N–H and O–H groups in total. The minimum atomic E-state index is 0.308. The lowest BCUT2D eigenvalue weighted by molar-refractivity contribution is 0.113. The van der Waals surface area contributed by atoms with Gasteiger partial charge in [-0.3, -0.25) is 0 Å². The highest BCUT2D eigenvalue weighted by Gasteiger charge is 2.23. The first-order chi connectivity index (χ1) is 7.31. The van der Waals surface area contributed by atoms with Crippen molar-refractivity contribution in [1.82, 2.24) is 20.1 Å². The van der Waals surface area contributed by atoms with Crippen LogP contribution in [0.1, 0.15) is 26.1 Å². The van der Waals surface area contributed by atoms with Crippen LogP contribution < -0.4 is 5.32 Å². The summed E-state index contributed by atoms with van der Waals surface area (Å²) >= 11 is 0. The topological polar surface area (TPSA) is 52.0 Å². The number of aromatic nitrogens is 3. The van der Waals surface area contributed by atoms with Crippen molar-refractivity contribution in [3.05, 3.63) is 12.2 Å². The molecule has 2 rings (SSSR count). The van der Waals surface area contributed by atoms with Crippen LogP contribution in [0.2, 0.25) is 0 Å². The number of hydrogen-bond donors (Lipinski definition) is 1. The van der Waals surface area contributed by atoms with Gasteiger partial charge >= 0.3 is 0 Å². The lowest BCUT2D eigenvalue weighted by atomic mass is 10.1. The molecular formula is C10H18N4O. The van der Waals surface area contributed by atoms with Crippen LogP contribution in [0.15, 0.2) is 6.33 Å². The van der Waals surface area contributed by atoms with Gasteiger partial charge in [0.05, 0.1) is 12.6 Å². The van der Waals surface area contributed by atoms with Crippen LogP contribution in [0.4, 0.5) is 0 Å². The third-order valence-corrected chi connectivity index (χ3v) is 2.94. The summed E-state index contributed by atoms with van der Waals surface area (Å²) in [4.78, 5) is 0. The third-order valence-electron chi connectivity index (χ3n) is 2.94. The van der Waals surface area contributed by atoms with Gasteiger partial charge in [0.15, 0.2) is 0 Å². The van der Waals surface area contributed by atoms with Gasteiger partial charge in [-0.15, -0.1) is 10.2 Å². The van der Waals surface area contributed by atoms with E-state index in [2.05, 4.69) is 29.4 Å². The van der Waals surface area contributed by atoms with Gasteiger partial charge < -0.3 is 14.6 Å². The molecule has 2 heterocycles. The van der Waals surface area contributed by atoms with E-state index in [-0.39, 0.29) is 0 Å². The second-order valence-electron chi connectivity index (χ2n) is 3.89. The Labute approximate surface area is 89.8 Å². The average molecular weight is 210 g/mol. The molecule has 84 valence electrons. The van der Waals surface area contributed by atoms with Crippen molar-refractivity contribution in [2.75, 3.05) is 6.61 Å². The SMILES string of the molecule is CCn1cnnc1CNC1CCOC1C. The Morgan fingerprint density at radius 1 is 1.67 bits per heavy atom. The fourth-order valence-corrected chi connectivity index (χ4v) is 1.90. The molecule has 0 aromatic carbocycles. The molecule has 1 saturated heterocycles. The first-order valence-corrected chi connectivity index (χ1v) is 5.53. The molecule has 5 nitrogen and oxygen atoms in total. The van der Waals surface area contributed by atoms with Crippen molar-refractivity contribution in [2.45, 2.75) is 45.5 Å². The fraction of sp³-hybridized carbons (Fsp3) is 0.800. The van der Waals surface area contributed by atoms with Crippen molar-refractivity contribution in [2.24, 2.45) is 0 Å². The molecular weight excluding hydrogens is 192 g/mol. The Hall–Kier alpha value is -0.940. The summed E-state index contributed by atoms with van der Waals surface area (Å²) < 4.78 is 7.54. The quantitative estimate of drug-likeness (QED) is 0.789. The van der Waals surface area contributed by atoms with Gasteiger partial charge in [-0.05, 0) is 20.3 Å². The zero-order valence-electron chi connectivity index (χ0n) is 9.31. The van der Waals surface area contributed by atoms with Crippen LogP contribution in [0.25, 0.3) is 0 Å². The molecule has 1 fully saturated rings. The minimum absolute atomic E-state index is 0.308. The molecule has 0 radical (unpaired) electrons. The van der Waals surface area contributed by atoms with Crippen LogP contribution in [-0.2, 0) is 17.8 Å². The van der Waals surface area contributed by atoms with Crippen LogP contribution in [0.5, 0.6) is 0 Å². The van der Waals surface area contributed by atoms with Crippen LogP contribution in [-0.4, -0.2) is 33.5 Å². The number of rotatable bonds is 4. The second kappa shape index (κ2) is 4.72. The Balaban J connectivity index is 1.87. The predicted octanol–water partition coefficient (Wildman–Crippen LogP) is 0.565. The van der Waals surface area contributed by atoms with E-state index in [9.17, 15) is 0 Å². The van der Waals surface area contributed by atoms with Gasteiger partial charge in [0.25, 0.3) is 0 Å².